The molecule has 1 N–H and O–H groups in total. The standard InChI is InChI=1S/C17H31NO/c1-4-11-18-16(15-8-7-12-19-15)17(13-14(2)3)9-5-6-10-17/h8,14,16,18H,4-7,9-13H2,1-3H3. The van der Waals surface area contributed by atoms with Crippen LogP contribution in [0, 0.1) is 11.3 Å². The molecule has 1 saturated carbocycles. The summed E-state index contributed by atoms with van der Waals surface area (Å²) < 4.78 is 5.93. The Bertz CT molecular complexity index is 302. The van der Waals surface area contributed by atoms with E-state index in [2.05, 4.69) is 32.2 Å². The van der Waals surface area contributed by atoms with E-state index < -0.39 is 0 Å². The van der Waals surface area contributed by atoms with Crippen molar-refractivity contribution in [1.29, 1.82) is 0 Å². The lowest BCUT2D eigenvalue weighted by atomic mass is 9.71. The van der Waals surface area contributed by atoms with Crippen molar-refractivity contribution < 1.29 is 4.74 Å². The van der Waals surface area contributed by atoms with Crippen LogP contribution in [0.2, 0.25) is 0 Å². The summed E-state index contributed by atoms with van der Waals surface area (Å²) in [4.78, 5) is 0. The summed E-state index contributed by atoms with van der Waals surface area (Å²) in [6.45, 7) is 8.96. The lowest BCUT2D eigenvalue weighted by molar-refractivity contribution is 0.117. The molecule has 1 heterocycles. The van der Waals surface area contributed by atoms with Crippen molar-refractivity contribution in [2.45, 2.75) is 71.8 Å². The van der Waals surface area contributed by atoms with Crippen molar-refractivity contribution in [2.75, 3.05) is 13.2 Å². The Hall–Kier alpha value is -0.500. The largest absolute Gasteiger partial charge is 0.496 e. The van der Waals surface area contributed by atoms with Crippen LogP contribution in [0.4, 0.5) is 0 Å². The number of hydrogen-bond acceptors (Lipinski definition) is 2. The maximum absolute atomic E-state index is 5.93. The van der Waals surface area contributed by atoms with Gasteiger partial charge in [0, 0.05) is 6.42 Å². The van der Waals surface area contributed by atoms with Gasteiger partial charge in [-0.15, -0.1) is 0 Å². The van der Waals surface area contributed by atoms with E-state index in [1.54, 1.807) is 0 Å². The molecular formula is C17H31NO. The van der Waals surface area contributed by atoms with Gasteiger partial charge in [0.05, 0.1) is 12.6 Å². The molecule has 1 atom stereocenters. The zero-order valence-corrected chi connectivity index (χ0v) is 13.0. The van der Waals surface area contributed by atoms with Crippen LogP contribution < -0.4 is 5.32 Å². The molecule has 1 unspecified atom stereocenters. The molecule has 0 bridgehead atoms. The molecule has 1 fully saturated rings. The van der Waals surface area contributed by atoms with Gasteiger partial charge >= 0.3 is 0 Å². The molecule has 0 saturated heterocycles. The summed E-state index contributed by atoms with van der Waals surface area (Å²) >= 11 is 0. The average Bonchev–Trinajstić information content (AvgIpc) is 3.01. The minimum Gasteiger partial charge on any atom is -0.496 e. The van der Waals surface area contributed by atoms with Gasteiger partial charge in [0.25, 0.3) is 0 Å². The molecule has 0 radical (unpaired) electrons. The summed E-state index contributed by atoms with van der Waals surface area (Å²) in [6.07, 6.45) is 11.5. The predicted molar refractivity (Wildman–Crippen MR) is 81.1 cm³/mol. The highest BCUT2D eigenvalue weighted by atomic mass is 16.5. The third kappa shape index (κ3) is 3.53. The summed E-state index contributed by atoms with van der Waals surface area (Å²) in [5.74, 6) is 2.02. The van der Waals surface area contributed by atoms with E-state index in [1.165, 1.54) is 44.3 Å². The van der Waals surface area contributed by atoms with Crippen LogP contribution in [0.15, 0.2) is 11.8 Å². The minimum atomic E-state index is 0.444. The summed E-state index contributed by atoms with van der Waals surface area (Å²) in [5, 5.41) is 3.81. The molecule has 2 heteroatoms. The first-order valence-corrected chi connectivity index (χ1v) is 8.24. The summed E-state index contributed by atoms with van der Waals surface area (Å²) in [5.41, 5.74) is 0.444. The predicted octanol–water partition coefficient (Wildman–Crippen LogP) is 4.27. The topological polar surface area (TPSA) is 21.3 Å². The summed E-state index contributed by atoms with van der Waals surface area (Å²) in [6, 6.07) is 0.458. The zero-order valence-electron chi connectivity index (χ0n) is 13.0. The van der Waals surface area contributed by atoms with Gasteiger partial charge in [0.2, 0.25) is 0 Å². The van der Waals surface area contributed by atoms with Crippen molar-refractivity contribution in [3.05, 3.63) is 11.8 Å². The van der Waals surface area contributed by atoms with Gasteiger partial charge in [-0.1, -0.05) is 33.6 Å². The van der Waals surface area contributed by atoms with Gasteiger partial charge in [0.1, 0.15) is 5.76 Å². The molecule has 0 spiro atoms. The quantitative estimate of drug-likeness (QED) is 0.742. The van der Waals surface area contributed by atoms with E-state index >= 15 is 0 Å². The maximum atomic E-state index is 5.93. The van der Waals surface area contributed by atoms with Crippen molar-refractivity contribution in [3.63, 3.8) is 0 Å². The lowest BCUT2D eigenvalue weighted by Gasteiger charge is -2.40. The van der Waals surface area contributed by atoms with Crippen LogP contribution >= 0.6 is 0 Å². The molecule has 2 aliphatic rings. The van der Waals surface area contributed by atoms with Crippen molar-refractivity contribution in [3.8, 4) is 0 Å². The highest BCUT2D eigenvalue weighted by molar-refractivity contribution is 5.14. The molecule has 19 heavy (non-hydrogen) atoms. The van der Waals surface area contributed by atoms with Crippen LogP contribution in [0.1, 0.15) is 65.7 Å². The third-order valence-electron chi connectivity index (χ3n) is 4.64. The first-order valence-electron chi connectivity index (χ1n) is 8.24. The van der Waals surface area contributed by atoms with E-state index in [0.717, 1.165) is 25.5 Å². The molecule has 1 aliphatic carbocycles. The third-order valence-corrected chi connectivity index (χ3v) is 4.64. The Balaban J connectivity index is 2.17. The number of nitrogens with one attached hydrogen (secondary N) is 1. The van der Waals surface area contributed by atoms with Crippen LogP contribution in [-0.2, 0) is 4.74 Å². The molecule has 2 rings (SSSR count). The first-order chi connectivity index (χ1) is 9.18. The van der Waals surface area contributed by atoms with E-state index in [-0.39, 0.29) is 0 Å². The number of hydrogen-bond donors (Lipinski definition) is 1. The lowest BCUT2D eigenvalue weighted by Crippen LogP contribution is -2.46. The highest BCUT2D eigenvalue weighted by Gasteiger charge is 2.44. The van der Waals surface area contributed by atoms with E-state index in [9.17, 15) is 0 Å². The molecular weight excluding hydrogens is 234 g/mol. The van der Waals surface area contributed by atoms with Crippen LogP contribution in [-0.4, -0.2) is 19.2 Å². The Morgan fingerprint density at radius 2 is 2.05 bits per heavy atom. The molecule has 0 aromatic heterocycles. The second-order valence-electron chi connectivity index (χ2n) is 6.80. The smallest absolute Gasteiger partial charge is 0.110 e. The molecule has 2 nitrogen and oxygen atoms in total. The maximum Gasteiger partial charge on any atom is 0.110 e. The first kappa shape index (κ1) is 14.9. The number of ether oxygens (including phenoxy) is 1. The Morgan fingerprint density at radius 1 is 1.32 bits per heavy atom. The zero-order chi connectivity index (χ0) is 13.7. The number of rotatable bonds is 7. The normalized spacial score (nSPS) is 23.5. The van der Waals surface area contributed by atoms with Gasteiger partial charge in [-0.3, -0.25) is 0 Å². The highest BCUT2D eigenvalue weighted by Crippen LogP contribution is 2.48. The fourth-order valence-electron chi connectivity index (χ4n) is 4.05. The second kappa shape index (κ2) is 6.78. The van der Waals surface area contributed by atoms with Gasteiger partial charge < -0.3 is 10.1 Å². The van der Waals surface area contributed by atoms with Crippen molar-refractivity contribution >= 4 is 0 Å². The van der Waals surface area contributed by atoms with Gasteiger partial charge in [-0.05, 0) is 49.6 Å². The van der Waals surface area contributed by atoms with Crippen LogP contribution in [0.3, 0.4) is 0 Å². The second-order valence-corrected chi connectivity index (χ2v) is 6.80. The molecule has 110 valence electrons. The minimum absolute atomic E-state index is 0.444. The Kier molecular flexibility index (Phi) is 5.32. The van der Waals surface area contributed by atoms with Gasteiger partial charge in [-0.25, -0.2) is 0 Å². The van der Waals surface area contributed by atoms with Crippen molar-refractivity contribution in [1.82, 2.24) is 5.32 Å². The van der Waals surface area contributed by atoms with E-state index in [0.29, 0.717) is 11.5 Å². The van der Waals surface area contributed by atoms with Crippen LogP contribution in [0.5, 0.6) is 0 Å². The monoisotopic (exact) mass is 265 g/mol. The van der Waals surface area contributed by atoms with Gasteiger partial charge in [0.15, 0.2) is 0 Å². The van der Waals surface area contributed by atoms with Crippen molar-refractivity contribution in [2.24, 2.45) is 11.3 Å². The van der Waals surface area contributed by atoms with Gasteiger partial charge in [-0.2, -0.15) is 0 Å². The van der Waals surface area contributed by atoms with E-state index in [1.807, 2.05) is 0 Å². The molecule has 1 aliphatic heterocycles. The fourth-order valence-corrected chi connectivity index (χ4v) is 4.05. The molecule has 0 amide bonds. The Morgan fingerprint density at radius 3 is 2.58 bits per heavy atom. The molecule has 0 aromatic carbocycles. The van der Waals surface area contributed by atoms with Crippen LogP contribution in [0.25, 0.3) is 0 Å². The SMILES string of the molecule is CCCNC(C1=CCCO1)C1(CC(C)C)CCCC1. The molecule has 0 aromatic rings. The fraction of sp³-hybridized carbons (Fsp3) is 0.882. The average molecular weight is 265 g/mol. The van der Waals surface area contributed by atoms with E-state index in [4.69, 9.17) is 4.74 Å². The summed E-state index contributed by atoms with van der Waals surface area (Å²) in [7, 11) is 0. The Labute approximate surface area is 119 Å².